The lowest BCUT2D eigenvalue weighted by Gasteiger charge is -1.98. The number of nitrogens with zero attached hydrogens (tertiary/aromatic N) is 3. The molecule has 0 bridgehead atoms. The lowest BCUT2D eigenvalue weighted by molar-refractivity contribution is 0.414. The first-order chi connectivity index (χ1) is 6.36. The third-order valence-electron chi connectivity index (χ3n) is 1.48. The molecule has 0 unspecified atom stereocenters. The van der Waals surface area contributed by atoms with Gasteiger partial charge in [0.15, 0.2) is 0 Å². The number of methoxy groups -OCH3 is 1. The van der Waals surface area contributed by atoms with Crippen molar-refractivity contribution in [2.45, 2.75) is 0 Å². The molecular weight excluding hydrogens is 166 g/mol. The molecule has 0 saturated carbocycles. The van der Waals surface area contributed by atoms with Gasteiger partial charge in [0.1, 0.15) is 5.75 Å². The van der Waals surface area contributed by atoms with E-state index in [1.54, 1.807) is 13.2 Å². The van der Waals surface area contributed by atoms with Crippen LogP contribution in [0.25, 0.3) is 16.5 Å². The Bertz CT molecular complexity index is 354. The van der Waals surface area contributed by atoms with E-state index in [1.165, 1.54) is 6.20 Å². The molecule has 66 valence electrons. The van der Waals surface area contributed by atoms with Crippen LogP contribution in [0.2, 0.25) is 0 Å². The molecule has 1 aromatic carbocycles. The summed E-state index contributed by atoms with van der Waals surface area (Å²) in [6.45, 7) is 0. The molecule has 0 spiro atoms. The second kappa shape index (κ2) is 4.85. The molecule has 4 heteroatoms. The van der Waals surface area contributed by atoms with E-state index < -0.39 is 0 Å². The van der Waals surface area contributed by atoms with Crippen molar-refractivity contribution in [1.29, 1.82) is 0 Å². The minimum atomic E-state index is 0.781. The number of hydrogen-bond donors (Lipinski definition) is 0. The maximum Gasteiger partial charge on any atom is 0.119 e. The van der Waals surface area contributed by atoms with Crippen LogP contribution in [0.5, 0.6) is 5.75 Å². The Balaban J connectivity index is 2.82. The number of ether oxygens (including phenoxy) is 1. The second-order valence-corrected chi connectivity index (χ2v) is 2.30. The maximum absolute atomic E-state index is 8.03. The Morgan fingerprint density at radius 2 is 2.38 bits per heavy atom. The number of benzene rings is 1. The summed E-state index contributed by atoms with van der Waals surface area (Å²) in [4.78, 5) is 2.60. The summed E-state index contributed by atoms with van der Waals surface area (Å²) in [5.74, 6) is 0.781. The lowest BCUT2D eigenvalue weighted by Crippen LogP contribution is -1.81. The summed E-state index contributed by atoms with van der Waals surface area (Å²) in [5, 5.41) is 3.28. The lowest BCUT2D eigenvalue weighted by atomic mass is 10.2. The number of hydrogen-bond acceptors (Lipinski definition) is 2. The van der Waals surface area contributed by atoms with E-state index in [9.17, 15) is 0 Å². The van der Waals surface area contributed by atoms with Crippen molar-refractivity contribution in [3.63, 3.8) is 0 Å². The standard InChI is InChI=1S/C9H9N3O/c1-13-9-4-2-3-8(7-9)5-6-11-12-10/h2-7H,1H3/b6-5+. The Labute approximate surface area is 76.1 Å². The van der Waals surface area contributed by atoms with Crippen LogP contribution in [-0.4, -0.2) is 7.11 Å². The van der Waals surface area contributed by atoms with E-state index in [-0.39, 0.29) is 0 Å². The molecule has 1 rings (SSSR count). The molecule has 0 aliphatic rings. The zero-order chi connectivity index (χ0) is 9.52. The fourth-order valence-electron chi connectivity index (χ4n) is 0.894. The molecule has 0 aromatic heterocycles. The summed E-state index contributed by atoms with van der Waals surface area (Å²) in [7, 11) is 1.61. The normalized spacial score (nSPS) is 9.62. The molecule has 0 atom stereocenters. The van der Waals surface area contributed by atoms with Gasteiger partial charge in [-0.1, -0.05) is 23.3 Å². The zero-order valence-electron chi connectivity index (χ0n) is 7.21. The Kier molecular flexibility index (Phi) is 3.42. The second-order valence-electron chi connectivity index (χ2n) is 2.30. The summed E-state index contributed by atoms with van der Waals surface area (Å²) in [5.41, 5.74) is 8.96. The molecule has 0 aliphatic carbocycles. The van der Waals surface area contributed by atoms with Gasteiger partial charge in [0, 0.05) is 11.1 Å². The Hall–Kier alpha value is -1.93. The van der Waals surface area contributed by atoms with E-state index >= 15 is 0 Å². The first-order valence-electron chi connectivity index (χ1n) is 3.71. The molecule has 0 N–H and O–H groups in total. The van der Waals surface area contributed by atoms with Gasteiger partial charge in [-0.3, -0.25) is 0 Å². The van der Waals surface area contributed by atoms with E-state index in [0.717, 1.165) is 11.3 Å². The first kappa shape index (κ1) is 9.16. The predicted octanol–water partition coefficient (Wildman–Crippen LogP) is 2.98. The van der Waals surface area contributed by atoms with Crippen LogP contribution in [0.1, 0.15) is 5.56 Å². The monoisotopic (exact) mass is 175 g/mol. The highest BCUT2D eigenvalue weighted by Crippen LogP contribution is 2.13. The molecule has 0 aliphatic heterocycles. The van der Waals surface area contributed by atoms with Gasteiger partial charge in [-0.05, 0) is 23.2 Å². The van der Waals surface area contributed by atoms with Crippen molar-refractivity contribution in [3.05, 3.63) is 46.5 Å². The molecular formula is C9H9N3O. The SMILES string of the molecule is COc1cccc(/C=C/N=[N+]=[N-])c1. The maximum atomic E-state index is 8.03. The Morgan fingerprint density at radius 3 is 3.08 bits per heavy atom. The van der Waals surface area contributed by atoms with Crippen molar-refractivity contribution in [3.8, 4) is 5.75 Å². The van der Waals surface area contributed by atoms with Gasteiger partial charge in [0.2, 0.25) is 0 Å². The van der Waals surface area contributed by atoms with Crippen LogP contribution in [0.3, 0.4) is 0 Å². The third-order valence-corrected chi connectivity index (χ3v) is 1.48. The Morgan fingerprint density at radius 1 is 1.54 bits per heavy atom. The van der Waals surface area contributed by atoms with Crippen LogP contribution >= 0.6 is 0 Å². The van der Waals surface area contributed by atoms with Crippen LogP contribution < -0.4 is 4.74 Å². The molecule has 0 heterocycles. The van der Waals surface area contributed by atoms with Crippen molar-refractivity contribution in [1.82, 2.24) is 0 Å². The van der Waals surface area contributed by atoms with Gasteiger partial charge in [-0.2, -0.15) is 0 Å². The largest absolute Gasteiger partial charge is 0.497 e. The van der Waals surface area contributed by atoms with E-state index in [1.807, 2.05) is 24.3 Å². The van der Waals surface area contributed by atoms with E-state index in [2.05, 4.69) is 10.0 Å². The van der Waals surface area contributed by atoms with E-state index in [0.29, 0.717) is 0 Å². The average Bonchev–Trinajstić information content (AvgIpc) is 2.19. The van der Waals surface area contributed by atoms with Crippen molar-refractivity contribution in [2.75, 3.05) is 7.11 Å². The van der Waals surface area contributed by atoms with Gasteiger partial charge >= 0.3 is 0 Å². The average molecular weight is 175 g/mol. The highest BCUT2D eigenvalue weighted by Gasteiger charge is 1.89. The van der Waals surface area contributed by atoms with Gasteiger partial charge in [-0.25, -0.2) is 0 Å². The molecule has 4 nitrogen and oxygen atoms in total. The topological polar surface area (TPSA) is 58.0 Å². The zero-order valence-corrected chi connectivity index (χ0v) is 7.21. The van der Waals surface area contributed by atoms with Crippen LogP contribution in [0, 0.1) is 0 Å². The minimum absolute atomic E-state index is 0.781. The molecule has 13 heavy (non-hydrogen) atoms. The molecule has 0 saturated heterocycles. The molecule has 0 radical (unpaired) electrons. The van der Waals surface area contributed by atoms with Crippen molar-refractivity contribution >= 4 is 6.08 Å². The quantitative estimate of drug-likeness (QED) is 0.395. The highest BCUT2D eigenvalue weighted by atomic mass is 16.5. The summed E-state index contributed by atoms with van der Waals surface area (Å²) in [6.07, 6.45) is 3.11. The van der Waals surface area contributed by atoms with Gasteiger partial charge in [0.25, 0.3) is 0 Å². The van der Waals surface area contributed by atoms with Crippen LogP contribution in [0.4, 0.5) is 0 Å². The summed E-state index contributed by atoms with van der Waals surface area (Å²) >= 11 is 0. The first-order valence-corrected chi connectivity index (χ1v) is 3.71. The summed E-state index contributed by atoms with van der Waals surface area (Å²) in [6, 6.07) is 7.47. The third kappa shape index (κ3) is 2.89. The smallest absolute Gasteiger partial charge is 0.119 e. The fourth-order valence-corrected chi connectivity index (χ4v) is 0.894. The number of rotatable bonds is 3. The highest BCUT2D eigenvalue weighted by molar-refractivity contribution is 5.51. The van der Waals surface area contributed by atoms with Gasteiger partial charge < -0.3 is 4.74 Å². The van der Waals surface area contributed by atoms with Crippen molar-refractivity contribution < 1.29 is 4.74 Å². The van der Waals surface area contributed by atoms with E-state index in [4.69, 9.17) is 10.3 Å². The van der Waals surface area contributed by atoms with Crippen LogP contribution in [0.15, 0.2) is 35.6 Å². The fraction of sp³-hybridized carbons (Fsp3) is 0.111. The molecule has 0 fully saturated rings. The summed E-state index contributed by atoms with van der Waals surface area (Å²) < 4.78 is 5.02. The van der Waals surface area contributed by atoms with Gasteiger partial charge in [0.05, 0.1) is 7.11 Å². The predicted molar refractivity (Wildman–Crippen MR) is 51.2 cm³/mol. The molecule has 0 amide bonds. The molecule has 1 aromatic rings. The minimum Gasteiger partial charge on any atom is -0.497 e. The number of azide groups is 1. The van der Waals surface area contributed by atoms with Gasteiger partial charge in [-0.15, -0.1) is 0 Å². The van der Waals surface area contributed by atoms with Crippen LogP contribution in [-0.2, 0) is 0 Å². The van der Waals surface area contributed by atoms with Crippen molar-refractivity contribution in [2.24, 2.45) is 5.11 Å².